The Morgan fingerprint density at radius 1 is 1.00 bits per heavy atom. The van der Waals surface area contributed by atoms with E-state index in [4.69, 9.17) is 0 Å². The molecule has 148 valence electrons. The molecule has 0 radical (unpaired) electrons. The highest BCUT2D eigenvalue weighted by Crippen LogP contribution is 2.43. The summed E-state index contributed by atoms with van der Waals surface area (Å²) >= 11 is 3.59. The lowest BCUT2D eigenvalue weighted by Gasteiger charge is -2.26. The van der Waals surface area contributed by atoms with Crippen molar-refractivity contribution in [2.24, 2.45) is 0 Å². The zero-order chi connectivity index (χ0) is 20.7. The van der Waals surface area contributed by atoms with E-state index in [2.05, 4.69) is 81.6 Å². The molecular formula is C25H20BrN3O. The summed E-state index contributed by atoms with van der Waals surface area (Å²) in [4.78, 5) is 15.3. The van der Waals surface area contributed by atoms with Gasteiger partial charge >= 0.3 is 0 Å². The van der Waals surface area contributed by atoms with E-state index in [-0.39, 0.29) is 11.9 Å². The van der Waals surface area contributed by atoms with Crippen LogP contribution in [-0.4, -0.2) is 21.0 Å². The minimum absolute atomic E-state index is 0.0234. The molecule has 4 nitrogen and oxygen atoms in total. The lowest BCUT2D eigenvalue weighted by Crippen LogP contribution is -2.29. The third-order valence-corrected chi connectivity index (χ3v) is 6.04. The first kappa shape index (κ1) is 18.8. The zero-order valence-electron chi connectivity index (χ0n) is 16.5. The van der Waals surface area contributed by atoms with Crippen LogP contribution in [0.3, 0.4) is 0 Å². The molecule has 1 N–H and O–H groups in total. The summed E-state index contributed by atoms with van der Waals surface area (Å²) in [5.41, 5.74) is 6.70. The van der Waals surface area contributed by atoms with E-state index in [9.17, 15) is 4.79 Å². The molecule has 1 unspecified atom stereocenters. The summed E-state index contributed by atoms with van der Waals surface area (Å²) in [6.07, 6.45) is 0. The molecule has 3 aromatic carbocycles. The highest BCUT2D eigenvalue weighted by molar-refractivity contribution is 9.10. The number of H-pyrrole nitrogens is 1. The van der Waals surface area contributed by atoms with Gasteiger partial charge in [0.1, 0.15) is 5.69 Å². The Labute approximate surface area is 183 Å². The van der Waals surface area contributed by atoms with E-state index in [0.29, 0.717) is 12.2 Å². The molecule has 0 fully saturated rings. The van der Waals surface area contributed by atoms with Crippen molar-refractivity contribution >= 4 is 21.8 Å². The van der Waals surface area contributed by atoms with Gasteiger partial charge in [0.25, 0.3) is 5.91 Å². The monoisotopic (exact) mass is 457 g/mol. The van der Waals surface area contributed by atoms with E-state index >= 15 is 0 Å². The van der Waals surface area contributed by atoms with Crippen molar-refractivity contribution < 1.29 is 4.79 Å². The Hall–Kier alpha value is -3.18. The van der Waals surface area contributed by atoms with Crippen LogP contribution in [0.1, 0.15) is 38.8 Å². The quantitative estimate of drug-likeness (QED) is 0.415. The van der Waals surface area contributed by atoms with Crippen LogP contribution >= 0.6 is 15.9 Å². The van der Waals surface area contributed by atoms with Gasteiger partial charge in [0, 0.05) is 22.1 Å². The first-order valence-corrected chi connectivity index (χ1v) is 10.7. The predicted molar refractivity (Wildman–Crippen MR) is 121 cm³/mol. The molecule has 1 amide bonds. The van der Waals surface area contributed by atoms with Crippen LogP contribution in [0.2, 0.25) is 0 Å². The number of nitrogens with zero attached hydrogens (tertiary/aromatic N) is 2. The second kappa shape index (κ2) is 7.58. The van der Waals surface area contributed by atoms with Gasteiger partial charge in [-0.3, -0.25) is 9.89 Å². The normalized spacial score (nSPS) is 15.5. The highest BCUT2D eigenvalue weighted by atomic mass is 79.9. The van der Waals surface area contributed by atoms with Crippen molar-refractivity contribution in [1.29, 1.82) is 0 Å². The van der Waals surface area contributed by atoms with Gasteiger partial charge in [-0.15, -0.1) is 0 Å². The summed E-state index contributed by atoms with van der Waals surface area (Å²) < 4.78 is 0.987. The van der Waals surface area contributed by atoms with Crippen molar-refractivity contribution in [2.45, 2.75) is 19.5 Å². The van der Waals surface area contributed by atoms with Crippen LogP contribution in [0.15, 0.2) is 83.3 Å². The number of carbonyl (C=O) groups excluding carboxylic acids is 1. The summed E-state index contributed by atoms with van der Waals surface area (Å²) in [5.74, 6) is -0.0234. The fraction of sp³-hybridized carbons (Fsp3) is 0.120. The van der Waals surface area contributed by atoms with E-state index in [1.807, 2.05) is 35.2 Å². The van der Waals surface area contributed by atoms with E-state index in [1.54, 1.807) is 0 Å². The van der Waals surface area contributed by atoms with Gasteiger partial charge in [0.2, 0.25) is 0 Å². The average Bonchev–Trinajstić information content (AvgIpc) is 3.29. The second-order valence-electron chi connectivity index (χ2n) is 7.60. The summed E-state index contributed by atoms with van der Waals surface area (Å²) in [6, 6.07) is 26.3. The molecule has 0 saturated heterocycles. The SMILES string of the molecule is Cc1ccc(-c2n[nH]c3c2C(c2cccc(Br)c2)N(Cc2ccccc2)C3=O)cc1. The van der Waals surface area contributed by atoms with Gasteiger partial charge in [-0.25, -0.2) is 0 Å². The summed E-state index contributed by atoms with van der Waals surface area (Å²) in [6.45, 7) is 2.60. The minimum atomic E-state index is -0.208. The molecular weight excluding hydrogens is 438 g/mol. The van der Waals surface area contributed by atoms with Gasteiger partial charge in [0.15, 0.2) is 0 Å². The number of nitrogens with one attached hydrogen (secondary N) is 1. The zero-order valence-corrected chi connectivity index (χ0v) is 18.1. The number of amides is 1. The fourth-order valence-electron chi connectivity index (χ4n) is 4.09. The number of aromatic amines is 1. The van der Waals surface area contributed by atoms with Gasteiger partial charge in [-0.1, -0.05) is 88.2 Å². The minimum Gasteiger partial charge on any atom is -0.322 e. The first-order valence-electron chi connectivity index (χ1n) is 9.87. The molecule has 4 aromatic rings. The van der Waals surface area contributed by atoms with Gasteiger partial charge in [-0.05, 0) is 30.2 Å². The van der Waals surface area contributed by atoms with Crippen molar-refractivity contribution in [3.05, 3.63) is 111 Å². The van der Waals surface area contributed by atoms with Crippen LogP contribution in [0.25, 0.3) is 11.3 Å². The molecule has 1 atom stereocenters. The predicted octanol–water partition coefficient (Wildman–Crippen LogP) is 5.89. The van der Waals surface area contributed by atoms with E-state index in [1.165, 1.54) is 5.56 Å². The molecule has 5 rings (SSSR count). The van der Waals surface area contributed by atoms with Crippen LogP contribution in [0.5, 0.6) is 0 Å². The van der Waals surface area contributed by atoms with Gasteiger partial charge < -0.3 is 4.90 Å². The lowest BCUT2D eigenvalue weighted by molar-refractivity contribution is 0.0730. The van der Waals surface area contributed by atoms with Crippen molar-refractivity contribution in [3.63, 3.8) is 0 Å². The third kappa shape index (κ3) is 3.25. The number of halogens is 1. The number of hydrogen-bond donors (Lipinski definition) is 1. The number of rotatable bonds is 4. The Morgan fingerprint density at radius 2 is 1.77 bits per heavy atom. The molecule has 5 heteroatoms. The Bertz CT molecular complexity index is 1210. The van der Waals surface area contributed by atoms with Crippen LogP contribution in [0, 0.1) is 6.92 Å². The average molecular weight is 458 g/mol. The fourth-order valence-corrected chi connectivity index (χ4v) is 4.51. The third-order valence-electron chi connectivity index (χ3n) is 5.55. The van der Waals surface area contributed by atoms with Crippen molar-refractivity contribution in [1.82, 2.24) is 15.1 Å². The van der Waals surface area contributed by atoms with Gasteiger partial charge in [-0.2, -0.15) is 5.10 Å². The molecule has 1 aliphatic rings. The number of hydrogen-bond acceptors (Lipinski definition) is 2. The topological polar surface area (TPSA) is 49.0 Å². The number of fused-ring (bicyclic) bond motifs is 1. The smallest absolute Gasteiger partial charge is 0.273 e. The Kier molecular flexibility index (Phi) is 4.75. The molecule has 0 bridgehead atoms. The van der Waals surface area contributed by atoms with Gasteiger partial charge in [0.05, 0.1) is 11.7 Å². The molecule has 1 aliphatic heterocycles. The maximum absolute atomic E-state index is 13.4. The maximum atomic E-state index is 13.4. The lowest BCUT2D eigenvalue weighted by atomic mass is 9.95. The number of aromatic nitrogens is 2. The van der Waals surface area contributed by atoms with Crippen LogP contribution in [0.4, 0.5) is 0 Å². The molecule has 2 heterocycles. The molecule has 0 spiro atoms. The highest BCUT2D eigenvalue weighted by Gasteiger charge is 2.42. The van der Waals surface area contributed by atoms with Crippen LogP contribution < -0.4 is 0 Å². The Morgan fingerprint density at radius 3 is 2.50 bits per heavy atom. The number of benzene rings is 3. The standard InChI is InChI=1S/C25H20BrN3O/c1-16-10-12-18(13-11-16)22-21-23(28-27-22)25(30)29(15-17-6-3-2-4-7-17)24(21)19-8-5-9-20(26)14-19/h2-14,24H,15H2,1H3,(H,27,28). The van der Waals surface area contributed by atoms with Crippen molar-refractivity contribution in [3.8, 4) is 11.3 Å². The molecule has 0 aliphatic carbocycles. The molecule has 1 aromatic heterocycles. The second-order valence-corrected chi connectivity index (χ2v) is 8.52. The Balaban J connectivity index is 1.66. The summed E-state index contributed by atoms with van der Waals surface area (Å²) in [5, 5.41) is 7.57. The van der Waals surface area contributed by atoms with E-state index in [0.717, 1.165) is 32.4 Å². The molecule has 30 heavy (non-hydrogen) atoms. The summed E-state index contributed by atoms with van der Waals surface area (Å²) in [7, 11) is 0. The molecule has 0 saturated carbocycles. The van der Waals surface area contributed by atoms with Crippen molar-refractivity contribution in [2.75, 3.05) is 0 Å². The number of carbonyl (C=O) groups is 1. The maximum Gasteiger partial charge on any atom is 0.273 e. The number of aryl methyl sites for hydroxylation is 1. The van der Waals surface area contributed by atoms with E-state index < -0.39 is 0 Å². The van der Waals surface area contributed by atoms with Crippen LogP contribution in [-0.2, 0) is 6.54 Å². The largest absolute Gasteiger partial charge is 0.322 e. The first-order chi connectivity index (χ1) is 14.6.